The lowest BCUT2D eigenvalue weighted by Crippen LogP contribution is -2.45. The van der Waals surface area contributed by atoms with E-state index < -0.39 is 0 Å². The minimum absolute atomic E-state index is 0.250. The van der Waals surface area contributed by atoms with E-state index in [0.717, 1.165) is 44.3 Å². The van der Waals surface area contributed by atoms with Gasteiger partial charge in [0, 0.05) is 19.6 Å². The Balaban J connectivity index is 1.72. The first-order valence-corrected chi connectivity index (χ1v) is 7.19. The quantitative estimate of drug-likeness (QED) is 0.853. The zero-order chi connectivity index (χ0) is 13.2. The normalized spacial score (nSPS) is 30.6. The molecule has 1 aromatic rings. The molecule has 0 spiro atoms. The summed E-state index contributed by atoms with van der Waals surface area (Å²) < 4.78 is 5.47. The second-order valence-electron chi connectivity index (χ2n) is 5.75. The number of hydrogen-bond acceptors (Lipinski definition) is 6. The molecule has 19 heavy (non-hydrogen) atoms. The Kier molecular flexibility index (Phi) is 3.81. The van der Waals surface area contributed by atoms with Gasteiger partial charge in [0.25, 0.3) is 0 Å². The SMILES string of the molecule is CN1CCN(C)C(c2noc([C@@H]3CCCCN3)n2)C1. The minimum atomic E-state index is 0.250. The summed E-state index contributed by atoms with van der Waals surface area (Å²) in [6.07, 6.45) is 3.58. The van der Waals surface area contributed by atoms with Gasteiger partial charge in [-0.1, -0.05) is 11.6 Å². The predicted octanol–water partition coefficient (Wildman–Crippen LogP) is 0.802. The summed E-state index contributed by atoms with van der Waals surface area (Å²) in [5.74, 6) is 1.59. The first-order chi connectivity index (χ1) is 9.24. The van der Waals surface area contributed by atoms with E-state index in [-0.39, 0.29) is 12.1 Å². The summed E-state index contributed by atoms with van der Waals surface area (Å²) in [4.78, 5) is 9.26. The maximum Gasteiger partial charge on any atom is 0.243 e. The fourth-order valence-electron chi connectivity index (χ4n) is 2.88. The lowest BCUT2D eigenvalue weighted by Gasteiger charge is -2.35. The second-order valence-corrected chi connectivity index (χ2v) is 5.75. The van der Waals surface area contributed by atoms with Crippen LogP contribution >= 0.6 is 0 Å². The average molecular weight is 265 g/mol. The van der Waals surface area contributed by atoms with Crippen LogP contribution in [-0.2, 0) is 0 Å². The highest BCUT2D eigenvalue weighted by Crippen LogP contribution is 2.25. The third kappa shape index (κ3) is 2.80. The monoisotopic (exact) mass is 265 g/mol. The molecule has 2 atom stereocenters. The van der Waals surface area contributed by atoms with Crippen molar-refractivity contribution in [2.75, 3.05) is 40.3 Å². The third-order valence-electron chi connectivity index (χ3n) is 4.21. The molecule has 2 aliphatic rings. The average Bonchev–Trinajstić information content (AvgIpc) is 2.92. The van der Waals surface area contributed by atoms with Crippen LogP contribution in [0.25, 0.3) is 0 Å². The Morgan fingerprint density at radius 3 is 2.95 bits per heavy atom. The molecule has 0 amide bonds. The number of likely N-dealkylation sites (N-methyl/N-ethyl adjacent to an activating group) is 2. The molecule has 0 bridgehead atoms. The molecule has 6 heteroatoms. The van der Waals surface area contributed by atoms with Gasteiger partial charge in [0.1, 0.15) is 0 Å². The number of aromatic nitrogens is 2. The lowest BCUT2D eigenvalue weighted by atomic mass is 10.1. The molecule has 1 unspecified atom stereocenters. The van der Waals surface area contributed by atoms with Crippen molar-refractivity contribution < 1.29 is 4.52 Å². The lowest BCUT2D eigenvalue weighted by molar-refractivity contribution is 0.108. The van der Waals surface area contributed by atoms with Crippen molar-refractivity contribution in [1.82, 2.24) is 25.3 Å². The second kappa shape index (κ2) is 5.56. The van der Waals surface area contributed by atoms with Crippen molar-refractivity contribution in [3.63, 3.8) is 0 Å². The van der Waals surface area contributed by atoms with Gasteiger partial charge in [0.05, 0.1) is 12.1 Å². The number of nitrogens with zero attached hydrogens (tertiary/aromatic N) is 4. The van der Waals surface area contributed by atoms with Crippen molar-refractivity contribution in [3.8, 4) is 0 Å². The number of piperazine rings is 1. The molecule has 0 radical (unpaired) electrons. The van der Waals surface area contributed by atoms with Crippen LogP contribution in [0.2, 0.25) is 0 Å². The van der Waals surface area contributed by atoms with E-state index in [1.807, 2.05) is 0 Å². The van der Waals surface area contributed by atoms with Crippen LogP contribution < -0.4 is 5.32 Å². The van der Waals surface area contributed by atoms with Crippen molar-refractivity contribution in [3.05, 3.63) is 11.7 Å². The maximum absolute atomic E-state index is 5.47. The van der Waals surface area contributed by atoms with Gasteiger partial charge in [-0.25, -0.2) is 0 Å². The highest BCUT2D eigenvalue weighted by Gasteiger charge is 2.29. The predicted molar refractivity (Wildman–Crippen MR) is 71.8 cm³/mol. The molecule has 0 saturated carbocycles. The highest BCUT2D eigenvalue weighted by atomic mass is 16.5. The summed E-state index contributed by atoms with van der Waals surface area (Å²) in [6.45, 7) is 4.16. The van der Waals surface area contributed by atoms with Gasteiger partial charge in [-0.3, -0.25) is 4.90 Å². The van der Waals surface area contributed by atoms with E-state index in [1.165, 1.54) is 12.8 Å². The summed E-state index contributed by atoms with van der Waals surface area (Å²) in [5, 5.41) is 7.66. The van der Waals surface area contributed by atoms with Crippen molar-refractivity contribution >= 4 is 0 Å². The van der Waals surface area contributed by atoms with Crippen LogP contribution in [0.4, 0.5) is 0 Å². The summed E-state index contributed by atoms with van der Waals surface area (Å²) >= 11 is 0. The molecule has 0 aliphatic carbocycles. The fourth-order valence-corrected chi connectivity index (χ4v) is 2.88. The minimum Gasteiger partial charge on any atom is -0.338 e. The van der Waals surface area contributed by atoms with Gasteiger partial charge in [0.2, 0.25) is 5.89 Å². The third-order valence-corrected chi connectivity index (χ3v) is 4.21. The van der Waals surface area contributed by atoms with E-state index in [1.54, 1.807) is 0 Å². The highest BCUT2D eigenvalue weighted by molar-refractivity contribution is 5.01. The summed E-state index contributed by atoms with van der Waals surface area (Å²) in [6, 6.07) is 0.501. The zero-order valence-corrected chi connectivity index (χ0v) is 11.8. The molecular weight excluding hydrogens is 242 g/mol. The van der Waals surface area contributed by atoms with Crippen LogP contribution in [0.5, 0.6) is 0 Å². The molecule has 6 nitrogen and oxygen atoms in total. The molecule has 2 aliphatic heterocycles. The van der Waals surface area contributed by atoms with E-state index >= 15 is 0 Å². The standard InChI is InChI=1S/C13H23N5O/c1-17-7-8-18(2)11(9-17)12-15-13(19-16-12)10-5-3-4-6-14-10/h10-11,14H,3-9H2,1-2H3/t10-,11?/m0/s1. The molecule has 2 fully saturated rings. The Hall–Kier alpha value is -0.980. The van der Waals surface area contributed by atoms with Crippen LogP contribution in [0.15, 0.2) is 4.52 Å². The fraction of sp³-hybridized carbons (Fsp3) is 0.846. The molecule has 2 saturated heterocycles. The summed E-state index contributed by atoms with van der Waals surface area (Å²) in [7, 11) is 4.27. The molecule has 0 aromatic carbocycles. The van der Waals surface area contributed by atoms with Gasteiger partial charge in [-0.15, -0.1) is 0 Å². The van der Waals surface area contributed by atoms with Crippen molar-refractivity contribution in [1.29, 1.82) is 0 Å². The Morgan fingerprint density at radius 2 is 2.16 bits per heavy atom. The van der Waals surface area contributed by atoms with E-state index in [9.17, 15) is 0 Å². The molecule has 1 N–H and O–H groups in total. The van der Waals surface area contributed by atoms with Gasteiger partial charge in [-0.2, -0.15) is 4.98 Å². The summed E-state index contributed by atoms with van der Waals surface area (Å²) in [5.41, 5.74) is 0. The van der Waals surface area contributed by atoms with Crippen molar-refractivity contribution in [2.24, 2.45) is 0 Å². The van der Waals surface area contributed by atoms with Crippen LogP contribution in [0, 0.1) is 0 Å². The first kappa shape index (κ1) is 13.0. The maximum atomic E-state index is 5.47. The van der Waals surface area contributed by atoms with E-state index in [2.05, 4.69) is 39.4 Å². The smallest absolute Gasteiger partial charge is 0.243 e. The van der Waals surface area contributed by atoms with Crippen LogP contribution in [-0.4, -0.2) is 60.2 Å². The topological polar surface area (TPSA) is 57.4 Å². The zero-order valence-electron chi connectivity index (χ0n) is 11.8. The van der Waals surface area contributed by atoms with Crippen molar-refractivity contribution in [2.45, 2.75) is 31.3 Å². The van der Waals surface area contributed by atoms with Gasteiger partial charge >= 0.3 is 0 Å². The van der Waals surface area contributed by atoms with Gasteiger partial charge in [0.15, 0.2) is 5.82 Å². The Morgan fingerprint density at radius 1 is 1.26 bits per heavy atom. The number of piperidine rings is 1. The van der Waals surface area contributed by atoms with Gasteiger partial charge in [-0.05, 0) is 33.5 Å². The van der Waals surface area contributed by atoms with Crippen LogP contribution in [0.3, 0.4) is 0 Å². The molecular formula is C13H23N5O. The first-order valence-electron chi connectivity index (χ1n) is 7.19. The molecule has 106 valence electrons. The number of nitrogens with one attached hydrogen (secondary N) is 1. The Labute approximate surface area is 114 Å². The van der Waals surface area contributed by atoms with Gasteiger partial charge < -0.3 is 14.7 Å². The molecule has 1 aromatic heterocycles. The van der Waals surface area contributed by atoms with E-state index in [0.29, 0.717) is 0 Å². The largest absolute Gasteiger partial charge is 0.338 e. The number of rotatable bonds is 2. The van der Waals surface area contributed by atoms with E-state index in [4.69, 9.17) is 4.52 Å². The molecule has 3 rings (SSSR count). The number of hydrogen-bond donors (Lipinski definition) is 1. The molecule has 3 heterocycles. The van der Waals surface area contributed by atoms with Crippen LogP contribution in [0.1, 0.15) is 43.1 Å². The Bertz CT molecular complexity index is 415.